The van der Waals surface area contributed by atoms with Crippen LogP contribution in [-0.4, -0.2) is 16.8 Å². The molecule has 0 saturated carbocycles. The quantitative estimate of drug-likeness (QED) is 0.816. The molecule has 0 bridgehead atoms. The van der Waals surface area contributed by atoms with Gasteiger partial charge < -0.3 is 0 Å². The fraction of sp³-hybridized carbons (Fsp3) is 0.250. The maximum absolute atomic E-state index is 12.4. The van der Waals surface area contributed by atoms with E-state index in [-0.39, 0.29) is 15.5 Å². The molecule has 0 saturated heterocycles. The monoisotopic (exact) mass is 368 g/mol. The number of anilines is 1. The highest BCUT2D eigenvalue weighted by atomic mass is 32.2. The van der Waals surface area contributed by atoms with E-state index in [1.165, 1.54) is 30.3 Å². The van der Waals surface area contributed by atoms with Crippen LogP contribution in [0, 0.1) is 6.92 Å². The Morgan fingerprint density at radius 2 is 1.62 bits per heavy atom. The van der Waals surface area contributed by atoms with Gasteiger partial charge in [0, 0.05) is 0 Å². The second-order valence-electron chi connectivity index (χ2n) is 5.52. The molecular weight excluding hydrogens is 348 g/mol. The second kappa shape index (κ2) is 6.92. The zero-order chi connectivity index (χ0) is 18.0. The molecule has 0 amide bonds. The maximum atomic E-state index is 12.4. The number of nitrogens with one attached hydrogen (secondary N) is 1. The second-order valence-corrected chi connectivity index (χ2v) is 8.74. The zero-order valence-electron chi connectivity index (χ0n) is 13.5. The lowest BCUT2D eigenvalue weighted by Crippen LogP contribution is -2.16. The minimum absolute atomic E-state index is 0.110. The van der Waals surface area contributed by atoms with Crippen molar-refractivity contribution >= 4 is 25.7 Å². The van der Waals surface area contributed by atoms with Crippen LogP contribution in [0.3, 0.4) is 0 Å². The van der Waals surface area contributed by atoms with Crippen molar-refractivity contribution in [3.05, 3.63) is 53.6 Å². The Hall–Kier alpha value is -1.90. The van der Waals surface area contributed by atoms with Crippen molar-refractivity contribution in [2.75, 3.05) is 4.72 Å². The van der Waals surface area contributed by atoms with Crippen LogP contribution in [0.15, 0.2) is 52.3 Å². The van der Waals surface area contributed by atoms with Gasteiger partial charge in [0.25, 0.3) is 10.0 Å². The summed E-state index contributed by atoms with van der Waals surface area (Å²) in [4.78, 5) is 0.000998. The molecule has 0 aliphatic heterocycles. The van der Waals surface area contributed by atoms with E-state index in [0.29, 0.717) is 5.56 Å². The number of sulfonamides is 2. The fourth-order valence-corrected chi connectivity index (χ4v) is 4.17. The zero-order valence-corrected chi connectivity index (χ0v) is 15.1. The summed E-state index contributed by atoms with van der Waals surface area (Å²) in [6, 6.07) is 10.8. The van der Waals surface area contributed by atoms with Crippen LogP contribution in [0.25, 0.3) is 0 Å². The first kappa shape index (κ1) is 18.4. The number of hydrogen-bond acceptors (Lipinski definition) is 4. The molecule has 0 aliphatic rings. The number of aryl methyl sites for hydroxylation is 2. The Morgan fingerprint density at radius 3 is 2.17 bits per heavy atom. The SMILES string of the molecule is CCCc1ccc(S(=O)(=O)Nc2ccc(C)c(S(N)(=O)=O)c2)cc1. The molecule has 2 rings (SSSR count). The van der Waals surface area contributed by atoms with Gasteiger partial charge in [0.2, 0.25) is 10.0 Å². The van der Waals surface area contributed by atoms with E-state index in [9.17, 15) is 16.8 Å². The summed E-state index contributed by atoms with van der Waals surface area (Å²) in [5.74, 6) is 0. The molecule has 0 atom stereocenters. The standard InChI is InChI=1S/C16H20N2O4S2/c1-3-4-13-6-9-15(10-7-13)24(21,22)18-14-8-5-12(2)16(11-14)23(17,19)20/h5-11,18H,3-4H2,1-2H3,(H2,17,19,20). The minimum atomic E-state index is -3.92. The molecule has 130 valence electrons. The predicted octanol–water partition coefficient (Wildman–Crippen LogP) is 2.40. The van der Waals surface area contributed by atoms with Crippen LogP contribution in [0.5, 0.6) is 0 Å². The fourth-order valence-electron chi connectivity index (χ4n) is 2.31. The Labute approximate surface area is 142 Å². The molecular formula is C16H20N2O4S2. The highest BCUT2D eigenvalue weighted by molar-refractivity contribution is 7.92. The van der Waals surface area contributed by atoms with Crippen molar-refractivity contribution in [3.8, 4) is 0 Å². The van der Waals surface area contributed by atoms with Crippen molar-refractivity contribution in [3.63, 3.8) is 0 Å². The number of primary sulfonamides is 1. The Bertz CT molecular complexity index is 935. The van der Waals surface area contributed by atoms with E-state index >= 15 is 0 Å². The van der Waals surface area contributed by atoms with Crippen LogP contribution in [0.4, 0.5) is 5.69 Å². The normalized spacial score (nSPS) is 12.1. The lowest BCUT2D eigenvalue weighted by molar-refractivity contribution is 0.596. The van der Waals surface area contributed by atoms with E-state index in [1.807, 2.05) is 6.92 Å². The lowest BCUT2D eigenvalue weighted by Gasteiger charge is -2.11. The molecule has 24 heavy (non-hydrogen) atoms. The highest BCUT2D eigenvalue weighted by Gasteiger charge is 2.17. The average molecular weight is 368 g/mol. The van der Waals surface area contributed by atoms with Crippen LogP contribution in [-0.2, 0) is 26.5 Å². The first-order chi connectivity index (χ1) is 11.1. The van der Waals surface area contributed by atoms with Crippen molar-refractivity contribution < 1.29 is 16.8 Å². The van der Waals surface area contributed by atoms with Crippen LogP contribution < -0.4 is 9.86 Å². The van der Waals surface area contributed by atoms with Crippen LogP contribution >= 0.6 is 0 Å². The highest BCUT2D eigenvalue weighted by Crippen LogP contribution is 2.22. The summed E-state index contributed by atoms with van der Waals surface area (Å²) in [7, 11) is -7.73. The summed E-state index contributed by atoms with van der Waals surface area (Å²) in [6.45, 7) is 3.64. The van der Waals surface area contributed by atoms with Crippen LogP contribution in [0.2, 0.25) is 0 Å². The predicted molar refractivity (Wildman–Crippen MR) is 93.8 cm³/mol. The molecule has 0 aliphatic carbocycles. The van der Waals surface area contributed by atoms with E-state index < -0.39 is 20.0 Å². The smallest absolute Gasteiger partial charge is 0.261 e. The van der Waals surface area contributed by atoms with Gasteiger partial charge in [0.05, 0.1) is 15.5 Å². The van der Waals surface area contributed by atoms with Crippen molar-refractivity contribution in [1.29, 1.82) is 0 Å². The molecule has 0 heterocycles. The van der Waals surface area contributed by atoms with Crippen molar-refractivity contribution in [1.82, 2.24) is 0 Å². The summed E-state index contributed by atoms with van der Waals surface area (Å²) in [5.41, 5.74) is 1.65. The third-order valence-electron chi connectivity index (χ3n) is 3.52. The lowest BCUT2D eigenvalue weighted by atomic mass is 10.1. The molecule has 8 heteroatoms. The van der Waals surface area contributed by atoms with E-state index in [2.05, 4.69) is 4.72 Å². The number of benzene rings is 2. The largest absolute Gasteiger partial charge is 0.280 e. The van der Waals surface area contributed by atoms with Crippen molar-refractivity contribution in [2.45, 2.75) is 36.5 Å². The van der Waals surface area contributed by atoms with Crippen molar-refractivity contribution in [2.24, 2.45) is 5.14 Å². The summed E-state index contributed by atoms with van der Waals surface area (Å²) in [6.07, 6.45) is 1.85. The van der Waals surface area contributed by atoms with Gasteiger partial charge in [0.1, 0.15) is 0 Å². The molecule has 2 aromatic rings. The number of nitrogens with two attached hydrogens (primary N) is 1. The summed E-state index contributed by atoms with van der Waals surface area (Å²) in [5, 5.41) is 5.14. The van der Waals surface area contributed by atoms with Gasteiger partial charge in [-0.25, -0.2) is 22.0 Å². The first-order valence-corrected chi connectivity index (χ1v) is 10.4. The van der Waals surface area contributed by atoms with Gasteiger partial charge in [-0.1, -0.05) is 31.5 Å². The third-order valence-corrected chi connectivity index (χ3v) is 5.97. The van der Waals surface area contributed by atoms with Gasteiger partial charge in [0.15, 0.2) is 0 Å². The molecule has 0 spiro atoms. The van der Waals surface area contributed by atoms with Gasteiger partial charge in [-0.3, -0.25) is 4.72 Å². The van der Waals surface area contributed by atoms with Gasteiger partial charge in [-0.15, -0.1) is 0 Å². The minimum Gasteiger partial charge on any atom is -0.280 e. The molecule has 3 N–H and O–H groups in total. The number of rotatable bonds is 6. The van der Waals surface area contributed by atoms with Gasteiger partial charge >= 0.3 is 0 Å². The Morgan fingerprint density at radius 1 is 1.00 bits per heavy atom. The van der Waals surface area contributed by atoms with E-state index in [4.69, 9.17) is 5.14 Å². The van der Waals surface area contributed by atoms with E-state index in [0.717, 1.165) is 18.4 Å². The first-order valence-electron chi connectivity index (χ1n) is 7.38. The van der Waals surface area contributed by atoms with Crippen LogP contribution in [0.1, 0.15) is 24.5 Å². The molecule has 6 nitrogen and oxygen atoms in total. The van der Waals surface area contributed by atoms with Gasteiger partial charge in [-0.05, 0) is 48.7 Å². The topological polar surface area (TPSA) is 106 Å². The molecule has 0 aromatic heterocycles. The maximum Gasteiger partial charge on any atom is 0.261 e. The Balaban J connectivity index is 2.32. The van der Waals surface area contributed by atoms with Gasteiger partial charge in [-0.2, -0.15) is 0 Å². The molecule has 2 aromatic carbocycles. The summed E-state index contributed by atoms with van der Waals surface area (Å²) < 4.78 is 50.3. The molecule has 0 fully saturated rings. The van der Waals surface area contributed by atoms with E-state index in [1.54, 1.807) is 19.1 Å². The molecule has 0 unspecified atom stereocenters. The number of hydrogen-bond donors (Lipinski definition) is 2. The average Bonchev–Trinajstić information content (AvgIpc) is 2.49. The Kier molecular flexibility index (Phi) is 5.32. The third kappa shape index (κ3) is 4.34. The molecule has 0 radical (unpaired) electrons. The summed E-state index contributed by atoms with van der Waals surface area (Å²) >= 11 is 0.